The fourth-order valence-electron chi connectivity index (χ4n) is 3.07. The number of nitriles is 1. The molecule has 1 atom stereocenters. The molecule has 0 spiro atoms. The van der Waals surface area contributed by atoms with Crippen molar-refractivity contribution in [2.24, 2.45) is 5.92 Å². The molecule has 0 aliphatic carbocycles. The third-order valence-electron chi connectivity index (χ3n) is 4.10. The number of likely N-dealkylation sites (tertiary alicyclic amines) is 1. The fraction of sp³-hybridized carbons (Fsp3) is 0.500. The third kappa shape index (κ3) is 2.41. The number of piperidine rings is 1. The van der Waals surface area contributed by atoms with E-state index in [9.17, 15) is 0 Å². The number of hydrogen-bond donors (Lipinski definition) is 0. The van der Waals surface area contributed by atoms with Gasteiger partial charge in [-0.1, -0.05) is 18.2 Å². The Morgan fingerprint density at radius 2 is 2.25 bits per heavy atom. The molecule has 0 N–H and O–H groups in total. The van der Waals surface area contributed by atoms with Crippen LogP contribution >= 0.6 is 0 Å². The first-order valence-electron chi connectivity index (χ1n) is 7.38. The lowest BCUT2D eigenvalue weighted by molar-refractivity contribution is 0.190. The maximum absolute atomic E-state index is 9.09. The minimum absolute atomic E-state index is 0.184. The molecule has 0 bridgehead atoms. The Hall–Kier alpha value is -1.86. The second kappa shape index (κ2) is 5.64. The van der Waals surface area contributed by atoms with Crippen molar-refractivity contribution < 1.29 is 0 Å². The third-order valence-corrected chi connectivity index (χ3v) is 4.10. The lowest BCUT2D eigenvalue weighted by Gasteiger charge is -2.28. The zero-order valence-electron chi connectivity index (χ0n) is 11.9. The molecule has 1 aromatic carbocycles. The molecule has 20 heavy (non-hydrogen) atoms. The highest BCUT2D eigenvalue weighted by molar-refractivity contribution is 5.81. The largest absolute Gasteiger partial charge is 0.296 e. The van der Waals surface area contributed by atoms with E-state index in [2.05, 4.69) is 46.8 Å². The van der Waals surface area contributed by atoms with Crippen LogP contribution in [0.25, 0.3) is 10.9 Å². The SMILES string of the molecule is CCn1nc(CN2CCCC(C#N)C2)c2ccccc21. The normalized spacial score (nSPS) is 20.1. The summed E-state index contributed by atoms with van der Waals surface area (Å²) in [6.07, 6.45) is 2.15. The molecule has 0 amide bonds. The zero-order chi connectivity index (χ0) is 13.9. The molecule has 1 unspecified atom stereocenters. The van der Waals surface area contributed by atoms with Crippen molar-refractivity contribution in [2.45, 2.75) is 32.9 Å². The summed E-state index contributed by atoms with van der Waals surface area (Å²) in [7, 11) is 0. The van der Waals surface area contributed by atoms with Gasteiger partial charge in [-0.25, -0.2) is 0 Å². The van der Waals surface area contributed by atoms with Gasteiger partial charge in [0.2, 0.25) is 0 Å². The van der Waals surface area contributed by atoms with Crippen LogP contribution in [0.4, 0.5) is 0 Å². The van der Waals surface area contributed by atoms with E-state index in [1.807, 2.05) is 0 Å². The topological polar surface area (TPSA) is 44.9 Å². The number of para-hydroxylation sites is 1. The van der Waals surface area contributed by atoms with E-state index in [0.717, 1.165) is 44.7 Å². The summed E-state index contributed by atoms with van der Waals surface area (Å²) in [4.78, 5) is 2.37. The molecule has 4 heteroatoms. The Kier molecular flexibility index (Phi) is 3.70. The number of hydrogen-bond acceptors (Lipinski definition) is 3. The molecular weight excluding hydrogens is 248 g/mol. The molecule has 3 rings (SSSR count). The molecule has 2 heterocycles. The lowest BCUT2D eigenvalue weighted by atomic mass is 9.99. The maximum Gasteiger partial charge on any atom is 0.0843 e. The van der Waals surface area contributed by atoms with Crippen LogP contribution in [0.2, 0.25) is 0 Å². The van der Waals surface area contributed by atoms with Gasteiger partial charge >= 0.3 is 0 Å². The van der Waals surface area contributed by atoms with E-state index in [4.69, 9.17) is 10.4 Å². The van der Waals surface area contributed by atoms with Gasteiger partial charge in [-0.05, 0) is 32.4 Å². The molecule has 2 aromatic rings. The van der Waals surface area contributed by atoms with Gasteiger partial charge in [0.1, 0.15) is 0 Å². The van der Waals surface area contributed by atoms with E-state index >= 15 is 0 Å². The summed E-state index contributed by atoms with van der Waals surface area (Å²) in [5.41, 5.74) is 2.35. The number of benzene rings is 1. The van der Waals surface area contributed by atoms with E-state index in [0.29, 0.717) is 0 Å². The van der Waals surface area contributed by atoms with Crippen LogP contribution < -0.4 is 0 Å². The number of aryl methyl sites for hydroxylation is 1. The van der Waals surface area contributed by atoms with Crippen LogP contribution in [0, 0.1) is 17.2 Å². The smallest absolute Gasteiger partial charge is 0.0843 e. The molecule has 4 nitrogen and oxygen atoms in total. The summed E-state index contributed by atoms with van der Waals surface area (Å²) in [5.74, 6) is 0.184. The van der Waals surface area contributed by atoms with Gasteiger partial charge in [0.15, 0.2) is 0 Å². The quantitative estimate of drug-likeness (QED) is 0.860. The first-order chi connectivity index (χ1) is 9.81. The van der Waals surface area contributed by atoms with Crippen molar-refractivity contribution >= 4 is 10.9 Å². The molecule has 104 valence electrons. The van der Waals surface area contributed by atoms with E-state index in [-0.39, 0.29) is 5.92 Å². The number of rotatable bonds is 3. The number of nitrogens with zero attached hydrogens (tertiary/aromatic N) is 4. The molecule has 1 aliphatic rings. The van der Waals surface area contributed by atoms with Gasteiger partial charge in [-0.3, -0.25) is 9.58 Å². The van der Waals surface area contributed by atoms with Crippen LogP contribution in [0.15, 0.2) is 24.3 Å². The Morgan fingerprint density at radius 1 is 1.40 bits per heavy atom. The molecule has 1 saturated heterocycles. The van der Waals surface area contributed by atoms with E-state index < -0.39 is 0 Å². The Morgan fingerprint density at radius 3 is 3.05 bits per heavy atom. The minimum atomic E-state index is 0.184. The standard InChI is InChI=1S/C16H20N4/c1-2-20-16-8-4-3-7-14(16)15(18-20)12-19-9-5-6-13(10-17)11-19/h3-4,7-8,13H,2,5-6,9,11-12H2,1H3. The second-order valence-electron chi connectivity index (χ2n) is 5.48. The average Bonchev–Trinajstić information content (AvgIpc) is 2.86. The van der Waals surface area contributed by atoms with Crippen LogP contribution in [0.3, 0.4) is 0 Å². The van der Waals surface area contributed by atoms with Gasteiger partial charge in [-0.2, -0.15) is 10.4 Å². The van der Waals surface area contributed by atoms with Crippen LogP contribution in [-0.4, -0.2) is 27.8 Å². The van der Waals surface area contributed by atoms with Crippen molar-refractivity contribution in [3.8, 4) is 6.07 Å². The summed E-state index contributed by atoms with van der Waals surface area (Å²) in [6.45, 7) is 5.82. The zero-order valence-corrected chi connectivity index (χ0v) is 11.9. The van der Waals surface area contributed by atoms with Crippen LogP contribution in [0.5, 0.6) is 0 Å². The predicted octanol–water partition coefficient (Wildman–Crippen LogP) is 2.79. The molecule has 1 aliphatic heterocycles. The predicted molar refractivity (Wildman–Crippen MR) is 79.0 cm³/mol. The molecule has 0 radical (unpaired) electrons. The maximum atomic E-state index is 9.09. The van der Waals surface area contributed by atoms with E-state index in [1.54, 1.807) is 0 Å². The summed E-state index contributed by atoms with van der Waals surface area (Å²) >= 11 is 0. The monoisotopic (exact) mass is 268 g/mol. The molecule has 1 fully saturated rings. The van der Waals surface area contributed by atoms with Gasteiger partial charge in [-0.15, -0.1) is 0 Å². The average molecular weight is 268 g/mol. The van der Waals surface area contributed by atoms with Crippen molar-refractivity contribution in [1.82, 2.24) is 14.7 Å². The van der Waals surface area contributed by atoms with Crippen molar-refractivity contribution in [3.05, 3.63) is 30.0 Å². The number of aromatic nitrogens is 2. The molecule has 1 aromatic heterocycles. The number of fused-ring (bicyclic) bond motifs is 1. The highest BCUT2D eigenvalue weighted by Gasteiger charge is 2.21. The van der Waals surface area contributed by atoms with Crippen molar-refractivity contribution in [3.63, 3.8) is 0 Å². The minimum Gasteiger partial charge on any atom is -0.296 e. The Labute approximate surface area is 119 Å². The first kappa shape index (κ1) is 13.1. The Bertz CT molecular complexity index is 637. The highest BCUT2D eigenvalue weighted by Crippen LogP contribution is 2.22. The highest BCUT2D eigenvalue weighted by atomic mass is 15.3. The van der Waals surface area contributed by atoms with Crippen molar-refractivity contribution in [1.29, 1.82) is 5.26 Å². The van der Waals surface area contributed by atoms with Crippen LogP contribution in [0.1, 0.15) is 25.5 Å². The summed E-state index contributed by atoms with van der Waals surface area (Å²) in [6, 6.07) is 10.8. The second-order valence-corrected chi connectivity index (χ2v) is 5.48. The van der Waals surface area contributed by atoms with Gasteiger partial charge in [0, 0.05) is 25.0 Å². The van der Waals surface area contributed by atoms with Gasteiger partial charge in [0.05, 0.1) is 23.2 Å². The van der Waals surface area contributed by atoms with E-state index in [1.165, 1.54) is 10.9 Å². The summed E-state index contributed by atoms with van der Waals surface area (Å²) < 4.78 is 2.07. The fourth-order valence-corrected chi connectivity index (χ4v) is 3.07. The summed E-state index contributed by atoms with van der Waals surface area (Å²) in [5, 5.41) is 15.1. The molecular formula is C16H20N4. The van der Waals surface area contributed by atoms with Crippen molar-refractivity contribution in [2.75, 3.05) is 13.1 Å². The van der Waals surface area contributed by atoms with Gasteiger partial charge in [0.25, 0.3) is 0 Å². The van der Waals surface area contributed by atoms with Gasteiger partial charge < -0.3 is 0 Å². The van der Waals surface area contributed by atoms with Crippen LogP contribution in [-0.2, 0) is 13.1 Å². The molecule has 0 saturated carbocycles. The lowest BCUT2D eigenvalue weighted by Crippen LogP contribution is -2.34. The first-order valence-corrected chi connectivity index (χ1v) is 7.38. The Balaban J connectivity index is 1.86.